The van der Waals surface area contributed by atoms with E-state index in [1.807, 2.05) is 6.92 Å². The van der Waals surface area contributed by atoms with Gasteiger partial charge in [-0.15, -0.1) is 0 Å². The maximum absolute atomic E-state index is 10.8. The van der Waals surface area contributed by atoms with Gasteiger partial charge >= 0.3 is 0 Å². The van der Waals surface area contributed by atoms with Crippen LogP contribution in [0.5, 0.6) is 0 Å². The lowest BCUT2D eigenvalue weighted by molar-refractivity contribution is -0.128. The van der Waals surface area contributed by atoms with Crippen molar-refractivity contribution in [3.8, 4) is 0 Å². The van der Waals surface area contributed by atoms with E-state index in [2.05, 4.69) is 0 Å². The molecule has 1 aliphatic carbocycles. The van der Waals surface area contributed by atoms with E-state index in [-0.39, 0.29) is 12.0 Å². The van der Waals surface area contributed by atoms with Crippen molar-refractivity contribution in [3.63, 3.8) is 0 Å². The van der Waals surface area contributed by atoms with E-state index in [1.54, 1.807) is 0 Å². The predicted molar refractivity (Wildman–Crippen MR) is 34.0 cm³/mol. The molecule has 0 saturated heterocycles. The van der Waals surface area contributed by atoms with Gasteiger partial charge in [0.1, 0.15) is 5.78 Å². The Morgan fingerprint density at radius 3 is 2.56 bits per heavy atom. The lowest BCUT2D eigenvalue weighted by Gasteiger charge is -2.29. The van der Waals surface area contributed by atoms with Gasteiger partial charge in [0.05, 0.1) is 6.10 Å². The summed E-state index contributed by atoms with van der Waals surface area (Å²) in [4.78, 5) is 10.8. The van der Waals surface area contributed by atoms with E-state index >= 15 is 0 Å². The Balaban J connectivity index is 2.23. The molecule has 0 amide bonds. The Labute approximate surface area is 54.9 Å². The van der Waals surface area contributed by atoms with Crippen molar-refractivity contribution < 1.29 is 9.90 Å². The van der Waals surface area contributed by atoms with Crippen LogP contribution in [0, 0.1) is 5.92 Å². The normalized spacial score (nSPS) is 33.6. The molecule has 0 radical (unpaired) electrons. The molecular weight excluding hydrogens is 116 g/mol. The van der Waals surface area contributed by atoms with Crippen LogP contribution < -0.4 is 0 Å². The number of ketones is 1. The molecule has 1 aliphatic rings. The molecule has 0 aliphatic heterocycles. The largest absolute Gasteiger partial charge is 0.393 e. The maximum Gasteiger partial charge on any atom is 0.135 e. The van der Waals surface area contributed by atoms with Crippen molar-refractivity contribution in [2.24, 2.45) is 5.92 Å². The minimum atomic E-state index is -0.189. The fraction of sp³-hybridized carbons (Fsp3) is 0.857. The van der Waals surface area contributed by atoms with E-state index in [0.717, 1.165) is 0 Å². The topological polar surface area (TPSA) is 37.3 Å². The summed E-state index contributed by atoms with van der Waals surface area (Å²) in [5, 5.41) is 8.81. The van der Waals surface area contributed by atoms with Crippen LogP contribution in [0.3, 0.4) is 0 Å². The van der Waals surface area contributed by atoms with E-state index in [0.29, 0.717) is 25.0 Å². The third kappa shape index (κ3) is 1.30. The van der Waals surface area contributed by atoms with Gasteiger partial charge in [0.25, 0.3) is 0 Å². The smallest absolute Gasteiger partial charge is 0.135 e. The first-order valence-corrected chi connectivity index (χ1v) is 3.44. The van der Waals surface area contributed by atoms with Gasteiger partial charge in [0.2, 0.25) is 0 Å². The lowest BCUT2D eigenvalue weighted by Crippen LogP contribution is -2.33. The number of aliphatic hydroxyl groups excluding tert-OH is 1. The summed E-state index contributed by atoms with van der Waals surface area (Å²) in [5.74, 6) is 0.491. The van der Waals surface area contributed by atoms with Gasteiger partial charge in [-0.2, -0.15) is 0 Å². The summed E-state index contributed by atoms with van der Waals surface area (Å²) < 4.78 is 0. The quantitative estimate of drug-likeness (QED) is 0.595. The molecule has 1 fully saturated rings. The molecule has 2 heteroatoms. The number of carbonyl (C=O) groups excluding carboxylic acids is 1. The second kappa shape index (κ2) is 2.48. The highest BCUT2D eigenvalue weighted by molar-refractivity contribution is 5.81. The number of carbonyl (C=O) groups is 1. The first-order chi connectivity index (χ1) is 4.24. The van der Waals surface area contributed by atoms with Crippen LogP contribution in [0.25, 0.3) is 0 Å². The lowest BCUT2D eigenvalue weighted by atomic mass is 9.79. The van der Waals surface area contributed by atoms with Crippen LogP contribution in [0.4, 0.5) is 0 Å². The number of rotatable bonds is 2. The first-order valence-electron chi connectivity index (χ1n) is 3.44. The summed E-state index contributed by atoms with van der Waals surface area (Å²) in [5.41, 5.74) is 0. The number of Topliss-reactive ketones (excluding diaryl/α,β-unsaturated/α-hetero) is 1. The molecule has 0 aromatic heterocycles. The standard InChI is InChI=1S/C7H12O2/c1-2-7(9)5-3-6(8)4-5/h5-6,8H,2-4H2,1H3. The highest BCUT2D eigenvalue weighted by Gasteiger charge is 2.31. The summed E-state index contributed by atoms with van der Waals surface area (Å²) in [6.45, 7) is 1.87. The average Bonchev–Trinajstić information content (AvgIpc) is 1.79. The van der Waals surface area contributed by atoms with Gasteiger partial charge in [-0.05, 0) is 12.8 Å². The molecule has 9 heavy (non-hydrogen) atoms. The monoisotopic (exact) mass is 128 g/mol. The first kappa shape index (κ1) is 6.75. The summed E-state index contributed by atoms with van der Waals surface area (Å²) >= 11 is 0. The van der Waals surface area contributed by atoms with Gasteiger partial charge in [-0.1, -0.05) is 6.92 Å². The Bertz CT molecular complexity index is 114. The molecule has 1 saturated carbocycles. The van der Waals surface area contributed by atoms with E-state index in [1.165, 1.54) is 0 Å². The van der Waals surface area contributed by atoms with Crippen LogP contribution in [0.1, 0.15) is 26.2 Å². The van der Waals surface area contributed by atoms with Crippen LogP contribution in [0.15, 0.2) is 0 Å². The molecule has 1 N–H and O–H groups in total. The van der Waals surface area contributed by atoms with Crippen LogP contribution >= 0.6 is 0 Å². The Morgan fingerprint density at radius 2 is 2.22 bits per heavy atom. The number of hydrogen-bond donors (Lipinski definition) is 1. The zero-order chi connectivity index (χ0) is 6.85. The molecule has 0 atom stereocenters. The van der Waals surface area contributed by atoms with Crippen molar-refractivity contribution in [1.29, 1.82) is 0 Å². The summed E-state index contributed by atoms with van der Waals surface area (Å²) in [6.07, 6.45) is 1.84. The highest BCUT2D eigenvalue weighted by Crippen LogP contribution is 2.28. The minimum absolute atomic E-state index is 0.185. The molecule has 52 valence electrons. The summed E-state index contributed by atoms with van der Waals surface area (Å²) in [7, 11) is 0. The molecule has 0 aromatic carbocycles. The van der Waals surface area contributed by atoms with Crippen LogP contribution in [-0.2, 0) is 4.79 Å². The number of aliphatic hydroxyl groups is 1. The zero-order valence-corrected chi connectivity index (χ0v) is 5.63. The van der Waals surface area contributed by atoms with E-state index in [9.17, 15) is 4.79 Å². The molecule has 1 rings (SSSR count). The zero-order valence-electron chi connectivity index (χ0n) is 5.63. The fourth-order valence-corrected chi connectivity index (χ4v) is 1.14. The van der Waals surface area contributed by atoms with Crippen molar-refractivity contribution in [2.75, 3.05) is 0 Å². The third-order valence-electron chi connectivity index (χ3n) is 1.92. The van der Waals surface area contributed by atoms with Crippen LogP contribution in [-0.4, -0.2) is 17.0 Å². The Hall–Kier alpha value is -0.370. The summed E-state index contributed by atoms with van der Waals surface area (Å²) in [6, 6.07) is 0. The SMILES string of the molecule is CCC(=O)C1CC(O)C1. The van der Waals surface area contributed by atoms with Crippen molar-refractivity contribution in [1.82, 2.24) is 0 Å². The van der Waals surface area contributed by atoms with Crippen molar-refractivity contribution in [3.05, 3.63) is 0 Å². The number of hydrogen-bond acceptors (Lipinski definition) is 2. The van der Waals surface area contributed by atoms with Gasteiger partial charge < -0.3 is 5.11 Å². The van der Waals surface area contributed by atoms with E-state index in [4.69, 9.17) is 5.11 Å². The van der Waals surface area contributed by atoms with E-state index < -0.39 is 0 Å². The Kier molecular flexibility index (Phi) is 1.86. The third-order valence-corrected chi connectivity index (χ3v) is 1.92. The fourth-order valence-electron chi connectivity index (χ4n) is 1.14. The Morgan fingerprint density at radius 1 is 1.67 bits per heavy atom. The molecule has 2 nitrogen and oxygen atoms in total. The highest BCUT2D eigenvalue weighted by atomic mass is 16.3. The van der Waals surface area contributed by atoms with Crippen molar-refractivity contribution >= 4 is 5.78 Å². The molecule has 0 heterocycles. The predicted octanol–water partition coefficient (Wildman–Crippen LogP) is 0.736. The molecule has 0 bridgehead atoms. The maximum atomic E-state index is 10.8. The van der Waals surface area contributed by atoms with Crippen molar-refractivity contribution in [2.45, 2.75) is 32.3 Å². The molecule has 0 spiro atoms. The van der Waals surface area contributed by atoms with Gasteiger partial charge in [0.15, 0.2) is 0 Å². The van der Waals surface area contributed by atoms with Gasteiger partial charge in [-0.25, -0.2) is 0 Å². The van der Waals surface area contributed by atoms with Crippen LogP contribution in [0.2, 0.25) is 0 Å². The minimum Gasteiger partial charge on any atom is -0.393 e. The average molecular weight is 128 g/mol. The molecule has 0 aromatic rings. The van der Waals surface area contributed by atoms with Gasteiger partial charge in [0, 0.05) is 12.3 Å². The van der Waals surface area contributed by atoms with Gasteiger partial charge in [-0.3, -0.25) is 4.79 Å². The molecule has 0 unspecified atom stereocenters. The molecular formula is C7H12O2. The second-order valence-electron chi connectivity index (χ2n) is 2.64. The second-order valence-corrected chi connectivity index (χ2v) is 2.64.